The first kappa shape index (κ1) is 8.32. The first-order chi connectivity index (χ1) is 5.59. The number of aliphatic carboxylic acids is 1. The van der Waals surface area contributed by atoms with Gasteiger partial charge in [-0.15, -0.1) is 0 Å². The van der Waals surface area contributed by atoms with Crippen LogP contribution in [-0.4, -0.2) is 16.1 Å². The molecule has 12 heavy (non-hydrogen) atoms. The van der Waals surface area contributed by atoms with Crippen molar-refractivity contribution >= 4 is 17.3 Å². The lowest BCUT2D eigenvalue weighted by atomic mass is 10.2. The number of carboxylic acid groups (broad SMARTS) is 1. The summed E-state index contributed by atoms with van der Waals surface area (Å²) in [7, 11) is 0. The maximum absolute atomic E-state index is 10.3. The summed E-state index contributed by atoms with van der Waals surface area (Å²) >= 11 is 0. The van der Waals surface area contributed by atoms with Crippen molar-refractivity contribution in [2.45, 2.75) is 6.42 Å². The number of carbonyl (C=O) groups is 1. The molecule has 1 rings (SSSR count). The third-order valence-electron chi connectivity index (χ3n) is 1.36. The lowest BCUT2D eigenvalue weighted by Gasteiger charge is -2.00. The van der Waals surface area contributed by atoms with Crippen LogP contribution in [0.5, 0.6) is 0 Å². The Hall–Kier alpha value is -1.78. The zero-order valence-electron chi connectivity index (χ0n) is 6.32. The second kappa shape index (κ2) is 3.08. The van der Waals surface area contributed by atoms with Gasteiger partial charge in [-0.1, -0.05) is 0 Å². The molecule has 0 saturated heterocycles. The van der Waals surface area contributed by atoms with Gasteiger partial charge in [0.15, 0.2) is 0 Å². The highest BCUT2D eigenvalue weighted by Gasteiger charge is 2.03. The summed E-state index contributed by atoms with van der Waals surface area (Å²) in [6.07, 6.45) is 1.22. The Labute approximate surface area is 69.0 Å². The molecule has 1 heterocycles. The lowest BCUT2D eigenvalue weighted by Crippen LogP contribution is -2.04. The molecule has 0 fully saturated rings. The number of hydrogen-bond donors (Lipinski definition) is 3. The van der Waals surface area contributed by atoms with E-state index in [0.29, 0.717) is 17.1 Å². The first-order valence-corrected chi connectivity index (χ1v) is 3.31. The van der Waals surface area contributed by atoms with Gasteiger partial charge in [0.05, 0.1) is 29.7 Å². The Morgan fingerprint density at radius 3 is 2.67 bits per heavy atom. The van der Waals surface area contributed by atoms with Gasteiger partial charge >= 0.3 is 5.97 Å². The molecule has 5 N–H and O–H groups in total. The molecule has 5 heteroatoms. The van der Waals surface area contributed by atoms with E-state index in [0.717, 1.165) is 0 Å². The number of nitrogens with two attached hydrogens (primary N) is 2. The molecule has 0 aliphatic carbocycles. The van der Waals surface area contributed by atoms with Crippen molar-refractivity contribution in [3.8, 4) is 0 Å². The van der Waals surface area contributed by atoms with E-state index >= 15 is 0 Å². The number of hydrogen-bond acceptors (Lipinski definition) is 4. The second-order valence-corrected chi connectivity index (χ2v) is 2.38. The van der Waals surface area contributed by atoms with Crippen LogP contribution in [0.15, 0.2) is 12.3 Å². The highest BCUT2D eigenvalue weighted by molar-refractivity contribution is 5.71. The summed E-state index contributed by atoms with van der Waals surface area (Å²) < 4.78 is 0. The molecule has 0 radical (unpaired) electrons. The average molecular weight is 167 g/mol. The van der Waals surface area contributed by atoms with Gasteiger partial charge in [0.2, 0.25) is 0 Å². The van der Waals surface area contributed by atoms with Crippen LogP contribution in [0.1, 0.15) is 5.69 Å². The van der Waals surface area contributed by atoms with Gasteiger partial charge in [0.25, 0.3) is 0 Å². The lowest BCUT2D eigenvalue weighted by molar-refractivity contribution is -0.136. The van der Waals surface area contributed by atoms with E-state index in [1.165, 1.54) is 12.3 Å². The zero-order valence-corrected chi connectivity index (χ0v) is 6.32. The molecule has 5 nitrogen and oxygen atoms in total. The predicted molar refractivity (Wildman–Crippen MR) is 44.4 cm³/mol. The molecule has 0 amide bonds. The fourth-order valence-corrected chi connectivity index (χ4v) is 0.779. The number of aromatic nitrogens is 1. The highest BCUT2D eigenvalue weighted by atomic mass is 16.4. The topological polar surface area (TPSA) is 102 Å². The molecule has 1 aromatic heterocycles. The molecule has 0 aliphatic heterocycles. The maximum atomic E-state index is 10.3. The van der Waals surface area contributed by atoms with Crippen LogP contribution in [0.3, 0.4) is 0 Å². The zero-order chi connectivity index (χ0) is 9.14. The molecule has 0 aromatic carbocycles. The fourth-order valence-electron chi connectivity index (χ4n) is 0.779. The third-order valence-corrected chi connectivity index (χ3v) is 1.36. The fraction of sp³-hybridized carbons (Fsp3) is 0.143. The van der Waals surface area contributed by atoms with E-state index < -0.39 is 5.97 Å². The van der Waals surface area contributed by atoms with Gasteiger partial charge in [-0.05, 0) is 6.07 Å². The second-order valence-electron chi connectivity index (χ2n) is 2.38. The van der Waals surface area contributed by atoms with E-state index in [2.05, 4.69) is 4.98 Å². The van der Waals surface area contributed by atoms with Gasteiger partial charge in [-0.25, -0.2) is 0 Å². The molecule has 1 aromatic rings. The third kappa shape index (κ3) is 1.85. The number of rotatable bonds is 2. The monoisotopic (exact) mass is 167 g/mol. The van der Waals surface area contributed by atoms with E-state index in [1.807, 2.05) is 0 Å². The van der Waals surface area contributed by atoms with Crippen LogP contribution in [0.2, 0.25) is 0 Å². The number of nitrogen functional groups attached to an aromatic ring is 2. The summed E-state index contributed by atoms with van der Waals surface area (Å²) in [5, 5.41) is 8.42. The Morgan fingerprint density at radius 2 is 2.17 bits per heavy atom. The van der Waals surface area contributed by atoms with Crippen LogP contribution in [-0.2, 0) is 11.2 Å². The number of nitrogens with zero attached hydrogens (tertiary/aromatic N) is 1. The van der Waals surface area contributed by atoms with Crippen LogP contribution in [0.4, 0.5) is 11.4 Å². The summed E-state index contributed by atoms with van der Waals surface area (Å²) in [6.45, 7) is 0. The smallest absolute Gasteiger partial charge is 0.309 e. The number of pyridine rings is 1. The Morgan fingerprint density at radius 1 is 1.50 bits per heavy atom. The van der Waals surface area contributed by atoms with Gasteiger partial charge in [0.1, 0.15) is 0 Å². The van der Waals surface area contributed by atoms with Crippen molar-refractivity contribution in [2.24, 2.45) is 0 Å². The number of carboxylic acids is 1. The van der Waals surface area contributed by atoms with E-state index in [1.54, 1.807) is 0 Å². The maximum Gasteiger partial charge on any atom is 0.309 e. The van der Waals surface area contributed by atoms with Gasteiger partial charge < -0.3 is 16.6 Å². The number of anilines is 2. The van der Waals surface area contributed by atoms with Crippen LogP contribution in [0, 0.1) is 0 Å². The molecule has 0 saturated carbocycles. The van der Waals surface area contributed by atoms with Crippen molar-refractivity contribution in [1.29, 1.82) is 0 Å². The highest BCUT2D eigenvalue weighted by Crippen LogP contribution is 2.13. The Bertz CT molecular complexity index is 312. The molecular weight excluding hydrogens is 158 g/mol. The van der Waals surface area contributed by atoms with E-state index in [-0.39, 0.29) is 6.42 Å². The normalized spacial score (nSPS) is 9.67. The minimum atomic E-state index is -0.938. The summed E-state index contributed by atoms with van der Waals surface area (Å²) in [4.78, 5) is 14.0. The van der Waals surface area contributed by atoms with Crippen LogP contribution < -0.4 is 11.5 Å². The van der Waals surface area contributed by atoms with Crippen LogP contribution >= 0.6 is 0 Å². The first-order valence-electron chi connectivity index (χ1n) is 3.31. The Kier molecular flexibility index (Phi) is 2.14. The van der Waals surface area contributed by atoms with Crippen LogP contribution in [0.25, 0.3) is 0 Å². The standard InChI is InChI=1S/C7H9N3O2/c8-5-1-4(2-7(11)12)10-3-6(5)9/h1,3H,2,9H2,(H2,8,10)(H,11,12). The van der Waals surface area contributed by atoms with Gasteiger partial charge in [0, 0.05) is 0 Å². The minimum absolute atomic E-state index is 0.134. The van der Waals surface area contributed by atoms with E-state index in [9.17, 15) is 4.79 Å². The quantitative estimate of drug-likeness (QED) is 0.569. The van der Waals surface area contributed by atoms with Crippen molar-refractivity contribution in [1.82, 2.24) is 4.98 Å². The van der Waals surface area contributed by atoms with Crippen molar-refractivity contribution in [3.63, 3.8) is 0 Å². The van der Waals surface area contributed by atoms with Gasteiger partial charge in [-0.3, -0.25) is 9.78 Å². The summed E-state index contributed by atoms with van der Waals surface area (Å²) in [5.74, 6) is -0.938. The van der Waals surface area contributed by atoms with E-state index in [4.69, 9.17) is 16.6 Å². The largest absolute Gasteiger partial charge is 0.481 e. The van der Waals surface area contributed by atoms with Crippen molar-refractivity contribution in [3.05, 3.63) is 18.0 Å². The molecule has 0 aliphatic rings. The molecule has 0 bridgehead atoms. The van der Waals surface area contributed by atoms with Gasteiger partial charge in [-0.2, -0.15) is 0 Å². The predicted octanol–water partition coefficient (Wildman–Crippen LogP) is -0.127. The Balaban J connectivity index is 2.89. The molecule has 0 unspecified atom stereocenters. The average Bonchev–Trinajstić information content (AvgIpc) is 1.96. The summed E-state index contributed by atoms with van der Waals surface area (Å²) in [6, 6.07) is 1.46. The van der Waals surface area contributed by atoms with Crippen molar-refractivity contribution < 1.29 is 9.90 Å². The van der Waals surface area contributed by atoms with Crippen molar-refractivity contribution in [2.75, 3.05) is 11.5 Å². The molecule has 64 valence electrons. The molecular formula is C7H9N3O2. The molecule has 0 atom stereocenters. The minimum Gasteiger partial charge on any atom is -0.481 e. The molecule has 0 spiro atoms. The summed E-state index contributed by atoms with van der Waals surface area (Å²) in [5.41, 5.74) is 12.0. The SMILES string of the molecule is Nc1cnc(CC(=O)O)cc1N.